The molecule has 84 valence electrons. The average molecular weight is 213 g/mol. The second-order valence-electron chi connectivity index (χ2n) is 3.15. The minimum absolute atomic E-state index is 0.0163. The number of aliphatic hydroxyl groups is 1. The summed E-state index contributed by atoms with van der Waals surface area (Å²) in [5, 5.41) is 8.64. The summed E-state index contributed by atoms with van der Waals surface area (Å²) in [5.41, 5.74) is 4.59. The Balaban J connectivity index is 3.05. The fourth-order valence-corrected chi connectivity index (χ4v) is 1.30. The van der Waals surface area contributed by atoms with Gasteiger partial charge in [0, 0.05) is 38.5 Å². The lowest BCUT2D eigenvalue weighted by molar-refractivity contribution is 0.278. The molecule has 0 radical (unpaired) electrons. The second kappa shape index (κ2) is 5.47. The minimum Gasteiger partial charge on any atom is -0.396 e. The van der Waals surface area contributed by atoms with Crippen LogP contribution in [-0.2, 0) is 13.1 Å². The molecular formula is C9H15N3O3. The molecule has 0 aliphatic rings. The molecule has 0 atom stereocenters. The average Bonchev–Trinajstić information content (AvgIpc) is 2.23. The smallest absolute Gasteiger partial charge is 0.331 e. The maximum Gasteiger partial charge on any atom is 0.331 e. The summed E-state index contributed by atoms with van der Waals surface area (Å²) in [6, 6.07) is 1.33. The molecule has 0 aliphatic carbocycles. The van der Waals surface area contributed by atoms with Gasteiger partial charge in [-0.3, -0.25) is 9.36 Å². The van der Waals surface area contributed by atoms with Crippen molar-refractivity contribution in [3.8, 4) is 0 Å². The summed E-state index contributed by atoms with van der Waals surface area (Å²) in [7, 11) is 0. The molecule has 3 N–H and O–H groups in total. The highest BCUT2D eigenvalue weighted by Crippen LogP contribution is 1.84. The summed E-state index contributed by atoms with van der Waals surface area (Å²) in [4.78, 5) is 23.0. The Hall–Kier alpha value is -1.40. The van der Waals surface area contributed by atoms with E-state index in [9.17, 15) is 9.59 Å². The van der Waals surface area contributed by atoms with Crippen molar-refractivity contribution < 1.29 is 5.11 Å². The quantitative estimate of drug-likeness (QED) is 0.613. The van der Waals surface area contributed by atoms with Gasteiger partial charge in [0.05, 0.1) is 0 Å². The number of nitrogens with zero attached hydrogens (tertiary/aromatic N) is 2. The summed E-state index contributed by atoms with van der Waals surface area (Å²) in [6.45, 7) is 0.888. The predicted octanol–water partition coefficient (Wildman–Crippen LogP) is -1.65. The standard InChI is InChI=1S/C9H15N3O3/c10-3-6-12-8(14)2-5-11(9(12)15)4-1-7-13/h2,5,13H,1,3-4,6-7,10H2. The van der Waals surface area contributed by atoms with E-state index in [2.05, 4.69) is 0 Å². The number of aromatic nitrogens is 2. The van der Waals surface area contributed by atoms with Gasteiger partial charge >= 0.3 is 5.69 Å². The van der Waals surface area contributed by atoms with E-state index in [-0.39, 0.29) is 30.9 Å². The summed E-state index contributed by atoms with van der Waals surface area (Å²) < 4.78 is 2.49. The summed E-state index contributed by atoms with van der Waals surface area (Å²) in [5.74, 6) is 0. The van der Waals surface area contributed by atoms with Crippen LogP contribution in [0.3, 0.4) is 0 Å². The van der Waals surface area contributed by atoms with Crippen LogP contribution >= 0.6 is 0 Å². The van der Waals surface area contributed by atoms with Crippen LogP contribution in [0.1, 0.15) is 6.42 Å². The lowest BCUT2D eigenvalue weighted by Crippen LogP contribution is -2.40. The van der Waals surface area contributed by atoms with Crippen molar-refractivity contribution in [1.29, 1.82) is 0 Å². The molecule has 0 saturated heterocycles. The van der Waals surface area contributed by atoms with Crippen molar-refractivity contribution in [2.24, 2.45) is 5.73 Å². The van der Waals surface area contributed by atoms with E-state index in [1.807, 2.05) is 0 Å². The molecule has 0 spiro atoms. The predicted molar refractivity (Wildman–Crippen MR) is 55.7 cm³/mol. The molecule has 0 amide bonds. The van der Waals surface area contributed by atoms with Gasteiger partial charge in [-0.1, -0.05) is 0 Å². The molecule has 1 heterocycles. The molecule has 0 bridgehead atoms. The molecule has 6 heteroatoms. The maximum atomic E-state index is 11.7. The van der Waals surface area contributed by atoms with Crippen LogP contribution in [0.25, 0.3) is 0 Å². The summed E-state index contributed by atoms with van der Waals surface area (Å²) in [6.07, 6.45) is 1.92. The van der Waals surface area contributed by atoms with E-state index in [1.54, 1.807) is 0 Å². The van der Waals surface area contributed by atoms with Gasteiger partial charge in [-0.2, -0.15) is 0 Å². The molecule has 1 aromatic rings. The van der Waals surface area contributed by atoms with Gasteiger partial charge < -0.3 is 15.4 Å². The minimum atomic E-state index is -0.374. The highest BCUT2D eigenvalue weighted by atomic mass is 16.3. The third kappa shape index (κ3) is 2.77. The molecule has 15 heavy (non-hydrogen) atoms. The van der Waals surface area contributed by atoms with Crippen LogP contribution in [0.2, 0.25) is 0 Å². The van der Waals surface area contributed by atoms with E-state index in [4.69, 9.17) is 10.8 Å². The highest BCUT2D eigenvalue weighted by Gasteiger charge is 2.03. The van der Waals surface area contributed by atoms with E-state index in [1.165, 1.54) is 16.8 Å². The first-order valence-corrected chi connectivity index (χ1v) is 4.82. The van der Waals surface area contributed by atoms with Gasteiger partial charge in [-0.15, -0.1) is 0 Å². The van der Waals surface area contributed by atoms with Gasteiger partial charge in [-0.25, -0.2) is 4.79 Å². The van der Waals surface area contributed by atoms with Crippen LogP contribution < -0.4 is 17.0 Å². The SMILES string of the molecule is NCCn1c(=O)ccn(CCCO)c1=O. The van der Waals surface area contributed by atoms with Crippen LogP contribution in [-0.4, -0.2) is 27.4 Å². The summed E-state index contributed by atoms with van der Waals surface area (Å²) >= 11 is 0. The zero-order valence-corrected chi connectivity index (χ0v) is 8.43. The number of aryl methyl sites for hydroxylation is 1. The number of aliphatic hydroxyl groups excluding tert-OH is 1. The van der Waals surface area contributed by atoms with Crippen molar-refractivity contribution >= 4 is 0 Å². The molecule has 0 saturated carbocycles. The number of hydrogen-bond acceptors (Lipinski definition) is 4. The van der Waals surface area contributed by atoms with Crippen molar-refractivity contribution in [2.45, 2.75) is 19.5 Å². The van der Waals surface area contributed by atoms with E-state index >= 15 is 0 Å². The second-order valence-corrected chi connectivity index (χ2v) is 3.15. The third-order valence-corrected chi connectivity index (χ3v) is 2.05. The third-order valence-electron chi connectivity index (χ3n) is 2.05. The Morgan fingerprint density at radius 2 is 2.07 bits per heavy atom. The largest absolute Gasteiger partial charge is 0.396 e. The molecule has 1 aromatic heterocycles. The van der Waals surface area contributed by atoms with Gasteiger partial charge in [0.15, 0.2) is 0 Å². The molecule has 0 aromatic carbocycles. The topological polar surface area (TPSA) is 90.2 Å². The Bertz CT molecular complexity index is 421. The van der Waals surface area contributed by atoms with Crippen LogP contribution in [0.4, 0.5) is 0 Å². The first kappa shape index (κ1) is 11.7. The van der Waals surface area contributed by atoms with Crippen molar-refractivity contribution in [1.82, 2.24) is 9.13 Å². The number of nitrogens with two attached hydrogens (primary N) is 1. The van der Waals surface area contributed by atoms with Gasteiger partial charge in [0.1, 0.15) is 0 Å². The molecule has 0 aliphatic heterocycles. The normalized spacial score (nSPS) is 10.5. The van der Waals surface area contributed by atoms with Crippen molar-refractivity contribution in [2.75, 3.05) is 13.2 Å². The van der Waals surface area contributed by atoms with E-state index in [0.717, 1.165) is 4.57 Å². The first-order chi connectivity index (χ1) is 7.20. The molecule has 0 unspecified atom stereocenters. The number of hydrogen-bond donors (Lipinski definition) is 2. The van der Waals surface area contributed by atoms with E-state index in [0.29, 0.717) is 13.0 Å². The maximum absolute atomic E-state index is 11.7. The lowest BCUT2D eigenvalue weighted by atomic mass is 10.4. The highest BCUT2D eigenvalue weighted by molar-refractivity contribution is 4.86. The van der Waals surface area contributed by atoms with Crippen LogP contribution in [0, 0.1) is 0 Å². The molecule has 0 fully saturated rings. The fourth-order valence-electron chi connectivity index (χ4n) is 1.30. The monoisotopic (exact) mass is 213 g/mol. The first-order valence-electron chi connectivity index (χ1n) is 4.82. The Kier molecular flexibility index (Phi) is 4.26. The lowest BCUT2D eigenvalue weighted by Gasteiger charge is -2.07. The van der Waals surface area contributed by atoms with Gasteiger partial charge in [0.2, 0.25) is 0 Å². The van der Waals surface area contributed by atoms with Crippen molar-refractivity contribution in [3.63, 3.8) is 0 Å². The Morgan fingerprint density at radius 1 is 1.33 bits per heavy atom. The molecular weight excluding hydrogens is 198 g/mol. The molecule has 6 nitrogen and oxygen atoms in total. The molecule has 1 rings (SSSR count). The van der Waals surface area contributed by atoms with Gasteiger partial charge in [0.25, 0.3) is 5.56 Å². The van der Waals surface area contributed by atoms with Crippen LogP contribution in [0.15, 0.2) is 21.9 Å². The fraction of sp³-hybridized carbons (Fsp3) is 0.556. The van der Waals surface area contributed by atoms with E-state index < -0.39 is 0 Å². The Morgan fingerprint density at radius 3 is 2.67 bits per heavy atom. The zero-order valence-electron chi connectivity index (χ0n) is 8.43. The van der Waals surface area contributed by atoms with Gasteiger partial charge in [-0.05, 0) is 6.42 Å². The Labute approximate surface area is 86.6 Å². The zero-order chi connectivity index (χ0) is 11.3. The van der Waals surface area contributed by atoms with Crippen molar-refractivity contribution in [3.05, 3.63) is 33.1 Å². The number of rotatable bonds is 5. The van der Waals surface area contributed by atoms with Crippen LogP contribution in [0.5, 0.6) is 0 Å².